The van der Waals surface area contributed by atoms with Crippen molar-refractivity contribution in [3.8, 4) is 11.5 Å². The second-order valence-electron chi connectivity index (χ2n) is 6.73. The van der Waals surface area contributed by atoms with Crippen molar-refractivity contribution >= 4 is 17.4 Å². The van der Waals surface area contributed by atoms with Crippen molar-refractivity contribution in [1.29, 1.82) is 0 Å². The van der Waals surface area contributed by atoms with Gasteiger partial charge < -0.3 is 19.7 Å². The molecular weight excluding hydrogens is 382 g/mol. The molecule has 2 atom stereocenters. The average Bonchev–Trinajstić information content (AvgIpc) is 2.68. The number of carbonyl (C=O) groups is 2. The Morgan fingerprint density at radius 3 is 2.31 bits per heavy atom. The van der Waals surface area contributed by atoms with Crippen LogP contribution >= 0.6 is 0 Å². The summed E-state index contributed by atoms with van der Waals surface area (Å²) in [4.78, 5) is 24.8. The highest BCUT2D eigenvalue weighted by Crippen LogP contribution is 2.29. The van der Waals surface area contributed by atoms with Gasteiger partial charge in [-0.2, -0.15) is 8.78 Å². The van der Waals surface area contributed by atoms with Gasteiger partial charge >= 0.3 is 6.61 Å². The summed E-state index contributed by atoms with van der Waals surface area (Å²) in [7, 11) is 3.24. The standard InChI is InChI=1S/C21H24F2N2O4/c1-13(20(27)24-17-8-6-16(7-9-17)14(2)26)25(3)12-15-5-10-18(29-21(22)23)19(11-15)28-4/h5-11,13,21H,12H2,1-4H3,(H,24,27)/p+1/t13-/m1/s1. The highest BCUT2D eigenvalue weighted by atomic mass is 19.3. The SMILES string of the molecule is COc1cc(C[NH+](C)[C@H](C)C(=O)Nc2ccc(C(C)=O)cc2)ccc1OC(F)F. The number of benzene rings is 2. The van der Waals surface area contributed by atoms with E-state index in [1.54, 1.807) is 43.3 Å². The summed E-state index contributed by atoms with van der Waals surface area (Å²) in [6, 6.07) is 11.0. The van der Waals surface area contributed by atoms with Gasteiger partial charge in [-0.1, -0.05) is 0 Å². The Bertz CT molecular complexity index is 856. The summed E-state index contributed by atoms with van der Waals surface area (Å²) in [5.74, 6) is -0.0505. The molecule has 2 rings (SSSR count). The summed E-state index contributed by atoms with van der Waals surface area (Å²) >= 11 is 0. The lowest BCUT2D eigenvalue weighted by atomic mass is 10.1. The largest absolute Gasteiger partial charge is 0.493 e. The van der Waals surface area contributed by atoms with Crippen molar-refractivity contribution in [2.45, 2.75) is 33.0 Å². The molecule has 0 aromatic heterocycles. The maximum atomic E-state index is 12.5. The van der Waals surface area contributed by atoms with E-state index in [-0.39, 0.29) is 29.2 Å². The van der Waals surface area contributed by atoms with Crippen LogP contribution in [-0.2, 0) is 11.3 Å². The molecular formula is C21H25F2N2O4+. The molecule has 0 spiro atoms. The molecule has 0 heterocycles. The van der Waals surface area contributed by atoms with E-state index in [1.165, 1.54) is 20.1 Å². The van der Waals surface area contributed by atoms with Crippen molar-refractivity contribution in [2.75, 3.05) is 19.5 Å². The number of ketones is 1. The van der Waals surface area contributed by atoms with Gasteiger partial charge in [0.1, 0.15) is 6.54 Å². The monoisotopic (exact) mass is 407 g/mol. The molecule has 0 aliphatic heterocycles. The lowest BCUT2D eigenvalue weighted by molar-refractivity contribution is -0.907. The van der Waals surface area contributed by atoms with E-state index in [0.29, 0.717) is 17.8 Å². The Hall–Kier alpha value is -3.00. The van der Waals surface area contributed by atoms with Crippen LogP contribution in [0.4, 0.5) is 14.5 Å². The third kappa shape index (κ3) is 6.25. The molecule has 156 valence electrons. The average molecular weight is 407 g/mol. The molecule has 0 saturated carbocycles. The van der Waals surface area contributed by atoms with Crippen LogP contribution in [0.3, 0.4) is 0 Å². The van der Waals surface area contributed by atoms with Gasteiger partial charge in [-0.3, -0.25) is 9.59 Å². The number of methoxy groups -OCH3 is 1. The smallest absolute Gasteiger partial charge is 0.387 e. The second-order valence-corrected chi connectivity index (χ2v) is 6.73. The molecule has 0 radical (unpaired) electrons. The number of hydrogen-bond donors (Lipinski definition) is 2. The van der Waals surface area contributed by atoms with Crippen molar-refractivity contribution in [3.05, 3.63) is 53.6 Å². The number of alkyl halides is 2. The number of ether oxygens (including phenoxy) is 2. The number of rotatable bonds is 9. The number of likely N-dealkylation sites (N-methyl/N-ethyl adjacent to an activating group) is 1. The number of hydrogen-bond acceptors (Lipinski definition) is 4. The number of carbonyl (C=O) groups excluding carboxylic acids is 2. The summed E-state index contributed by atoms with van der Waals surface area (Å²) in [6.45, 7) is 0.814. The molecule has 0 fully saturated rings. The summed E-state index contributed by atoms with van der Waals surface area (Å²) in [5, 5.41) is 2.83. The van der Waals surface area contributed by atoms with E-state index in [1.807, 2.05) is 7.05 Å². The molecule has 2 N–H and O–H groups in total. The molecule has 0 aliphatic rings. The molecule has 2 aromatic rings. The van der Waals surface area contributed by atoms with Gasteiger partial charge in [-0.25, -0.2) is 0 Å². The molecule has 1 amide bonds. The van der Waals surface area contributed by atoms with Gasteiger partial charge in [-0.05, 0) is 56.3 Å². The molecule has 2 aromatic carbocycles. The van der Waals surface area contributed by atoms with Crippen molar-refractivity contribution < 1.29 is 32.7 Å². The van der Waals surface area contributed by atoms with E-state index < -0.39 is 6.61 Å². The minimum Gasteiger partial charge on any atom is -0.493 e. The zero-order valence-corrected chi connectivity index (χ0v) is 16.8. The Labute approximate surface area is 168 Å². The summed E-state index contributed by atoms with van der Waals surface area (Å²) in [6.07, 6.45) is 0. The minimum absolute atomic E-state index is 0.0382. The number of amides is 1. The maximum Gasteiger partial charge on any atom is 0.387 e. The number of anilines is 1. The van der Waals surface area contributed by atoms with Gasteiger partial charge in [0.25, 0.3) is 5.91 Å². The van der Waals surface area contributed by atoms with Crippen molar-refractivity contribution in [2.24, 2.45) is 0 Å². The van der Waals surface area contributed by atoms with Crippen LogP contribution in [0.1, 0.15) is 29.8 Å². The third-order valence-corrected chi connectivity index (χ3v) is 4.62. The van der Waals surface area contributed by atoms with Crippen LogP contribution in [0.25, 0.3) is 0 Å². The van der Waals surface area contributed by atoms with E-state index in [2.05, 4.69) is 10.1 Å². The quantitative estimate of drug-likeness (QED) is 0.627. The maximum absolute atomic E-state index is 12.5. The fourth-order valence-corrected chi connectivity index (χ4v) is 2.75. The lowest BCUT2D eigenvalue weighted by Gasteiger charge is -2.21. The van der Waals surface area contributed by atoms with Crippen LogP contribution in [0.2, 0.25) is 0 Å². The number of halogens is 2. The van der Waals surface area contributed by atoms with E-state index in [4.69, 9.17) is 4.74 Å². The normalized spacial score (nSPS) is 12.9. The first-order valence-electron chi connectivity index (χ1n) is 9.07. The van der Waals surface area contributed by atoms with Crippen LogP contribution in [0.5, 0.6) is 11.5 Å². The number of nitrogens with one attached hydrogen (secondary N) is 2. The molecule has 0 aliphatic carbocycles. The Morgan fingerprint density at radius 2 is 1.76 bits per heavy atom. The fourth-order valence-electron chi connectivity index (χ4n) is 2.75. The van der Waals surface area contributed by atoms with E-state index in [9.17, 15) is 18.4 Å². The van der Waals surface area contributed by atoms with Gasteiger partial charge in [0, 0.05) is 16.8 Å². The zero-order chi connectivity index (χ0) is 21.6. The van der Waals surface area contributed by atoms with Crippen LogP contribution in [0, 0.1) is 0 Å². The predicted octanol–water partition coefficient (Wildman–Crippen LogP) is 2.54. The third-order valence-electron chi connectivity index (χ3n) is 4.62. The molecule has 29 heavy (non-hydrogen) atoms. The van der Waals surface area contributed by atoms with Crippen LogP contribution < -0.4 is 19.7 Å². The molecule has 8 heteroatoms. The number of quaternary nitrogens is 1. The highest BCUT2D eigenvalue weighted by molar-refractivity contribution is 5.96. The summed E-state index contributed by atoms with van der Waals surface area (Å²) < 4.78 is 34.4. The van der Waals surface area contributed by atoms with Crippen LogP contribution in [0.15, 0.2) is 42.5 Å². The predicted molar refractivity (Wildman–Crippen MR) is 105 cm³/mol. The number of Topliss-reactive ketones (excluding diaryl/α,β-unsaturated/α-hetero) is 1. The van der Waals surface area contributed by atoms with Gasteiger partial charge in [0.05, 0.1) is 14.2 Å². The topological polar surface area (TPSA) is 69.1 Å². The van der Waals surface area contributed by atoms with Crippen molar-refractivity contribution in [3.63, 3.8) is 0 Å². The Kier molecular flexibility index (Phi) is 7.67. The van der Waals surface area contributed by atoms with Gasteiger partial charge in [-0.15, -0.1) is 0 Å². The molecule has 0 bridgehead atoms. The van der Waals surface area contributed by atoms with E-state index in [0.717, 1.165) is 10.5 Å². The molecule has 0 saturated heterocycles. The molecule has 1 unspecified atom stereocenters. The van der Waals surface area contributed by atoms with Crippen molar-refractivity contribution in [1.82, 2.24) is 0 Å². The zero-order valence-electron chi connectivity index (χ0n) is 16.8. The second kappa shape index (κ2) is 9.97. The van der Waals surface area contributed by atoms with Gasteiger partial charge in [0.15, 0.2) is 23.3 Å². The first-order chi connectivity index (χ1) is 13.7. The van der Waals surface area contributed by atoms with Gasteiger partial charge in [0.2, 0.25) is 0 Å². The van der Waals surface area contributed by atoms with Crippen LogP contribution in [-0.4, -0.2) is 38.5 Å². The summed E-state index contributed by atoms with van der Waals surface area (Å²) in [5.41, 5.74) is 1.99. The fraction of sp³-hybridized carbons (Fsp3) is 0.333. The van der Waals surface area contributed by atoms with E-state index >= 15 is 0 Å². The highest BCUT2D eigenvalue weighted by Gasteiger charge is 2.23. The minimum atomic E-state index is -2.93. The molecule has 6 nitrogen and oxygen atoms in total. The Morgan fingerprint density at radius 1 is 1.10 bits per heavy atom. The lowest BCUT2D eigenvalue weighted by Crippen LogP contribution is -3.12. The first-order valence-corrected chi connectivity index (χ1v) is 9.07. The Balaban J connectivity index is 2.01. The first kappa shape index (κ1) is 22.3.